The highest BCUT2D eigenvalue weighted by Crippen LogP contribution is 2.26. The van der Waals surface area contributed by atoms with Gasteiger partial charge < -0.3 is 5.73 Å². The minimum atomic E-state index is -0.226. The fourth-order valence-corrected chi connectivity index (χ4v) is 1.96. The highest BCUT2D eigenvalue weighted by molar-refractivity contribution is 6.22. The molecule has 2 rings (SSSR count). The Morgan fingerprint density at radius 3 is 3.08 bits per heavy atom. The SMILES string of the molecule is CC1C=CC=C2C=C(N)C(Cl)NC21. The lowest BCUT2D eigenvalue weighted by molar-refractivity contribution is 0.469. The van der Waals surface area contributed by atoms with Gasteiger partial charge in [0.05, 0.1) is 0 Å². The van der Waals surface area contributed by atoms with Crippen molar-refractivity contribution in [3.63, 3.8) is 0 Å². The lowest BCUT2D eigenvalue weighted by atomic mass is 9.87. The molecule has 0 saturated heterocycles. The van der Waals surface area contributed by atoms with E-state index in [2.05, 4.69) is 30.5 Å². The van der Waals surface area contributed by atoms with Gasteiger partial charge in [-0.2, -0.15) is 0 Å². The molecule has 2 aliphatic rings. The van der Waals surface area contributed by atoms with Gasteiger partial charge in [-0.1, -0.05) is 36.8 Å². The molecule has 3 heteroatoms. The second-order valence-corrected chi connectivity index (χ2v) is 4.00. The van der Waals surface area contributed by atoms with Crippen LogP contribution in [-0.2, 0) is 0 Å². The van der Waals surface area contributed by atoms with Gasteiger partial charge in [0.15, 0.2) is 0 Å². The van der Waals surface area contributed by atoms with Gasteiger partial charge in [-0.05, 0) is 17.6 Å². The fraction of sp³-hybridized carbons (Fsp3) is 0.400. The number of allylic oxidation sites excluding steroid dienone is 2. The lowest BCUT2D eigenvalue weighted by Crippen LogP contribution is -2.46. The first-order valence-corrected chi connectivity index (χ1v) is 4.87. The number of rotatable bonds is 0. The second-order valence-electron chi connectivity index (χ2n) is 3.56. The number of alkyl halides is 1. The van der Waals surface area contributed by atoms with E-state index in [1.807, 2.05) is 6.08 Å². The van der Waals surface area contributed by atoms with E-state index in [9.17, 15) is 0 Å². The maximum absolute atomic E-state index is 6.00. The van der Waals surface area contributed by atoms with Crippen molar-refractivity contribution in [3.05, 3.63) is 35.6 Å². The van der Waals surface area contributed by atoms with Gasteiger partial charge in [-0.3, -0.25) is 5.32 Å². The van der Waals surface area contributed by atoms with E-state index in [-0.39, 0.29) is 5.50 Å². The highest BCUT2D eigenvalue weighted by Gasteiger charge is 2.27. The Kier molecular flexibility index (Phi) is 2.18. The van der Waals surface area contributed by atoms with Crippen molar-refractivity contribution in [1.29, 1.82) is 0 Å². The van der Waals surface area contributed by atoms with E-state index in [4.69, 9.17) is 17.3 Å². The largest absolute Gasteiger partial charge is 0.400 e. The Labute approximate surface area is 83.1 Å². The summed E-state index contributed by atoms with van der Waals surface area (Å²) in [6.45, 7) is 2.17. The third kappa shape index (κ3) is 1.52. The third-order valence-corrected chi connectivity index (χ3v) is 2.92. The van der Waals surface area contributed by atoms with Crippen LogP contribution in [0.15, 0.2) is 35.6 Å². The van der Waals surface area contributed by atoms with E-state index in [1.165, 1.54) is 5.57 Å². The summed E-state index contributed by atoms with van der Waals surface area (Å²) < 4.78 is 0. The Morgan fingerprint density at radius 2 is 2.31 bits per heavy atom. The first-order chi connectivity index (χ1) is 6.18. The van der Waals surface area contributed by atoms with Crippen LogP contribution in [0.2, 0.25) is 0 Å². The van der Waals surface area contributed by atoms with Crippen molar-refractivity contribution in [3.8, 4) is 0 Å². The molecule has 0 amide bonds. The molecule has 13 heavy (non-hydrogen) atoms. The summed E-state index contributed by atoms with van der Waals surface area (Å²) in [7, 11) is 0. The van der Waals surface area contributed by atoms with E-state index >= 15 is 0 Å². The summed E-state index contributed by atoms with van der Waals surface area (Å²) in [4.78, 5) is 0. The van der Waals surface area contributed by atoms with Crippen LogP contribution in [0.1, 0.15) is 6.92 Å². The molecule has 1 heterocycles. The molecule has 70 valence electrons. The quantitative estimate of drug-likeness (QED) is 0.455. The first kappa shape index (κ1) is 8.85. The maximum Gasteiger partial charge on any atom is 0.123 e. The molecule has 3 unspecified atom stereocenters. The number of hydrogen-bond donors (Lipinski definition) is 2. The zero-order valence-electron chi connectivity index (χ0n) is 7.50. The van der Waals surface area contributed by atoms with Crippen LogP contribution in [-0.4, -0.2) is 11.5 Å². The monoisotopic (exact) mass is 196 g/mol. The van der Waals surface area contributed by atoms with Crippen molar-refractivity contribution in [2.24, 2.45) is 11.7 Å². The summed E-state index contributed by atoms with van der Waals surface area (Å²) in [5.41, 5.74) is 7.43. The summed E-state index contributed by atoms with van der Waals surface area (Å²) in [5, 5.41) is 3.27. The van der Waals surface area contributed by atoms with Gasteiger partial charge in [0.2, 0.25) is 0 Å². The predicted molar refractivity (Wildman–Crippen MR) is 55.2 cm³/mol. The van der Waals surface area contributed by atoms with E-state index < -0.39 is 0 Å². The number of fused-ring (bicyclic) bond motifs is 1. The molecule has 0 saturated carbocycles. The molecule has 1 aliphatic heterocycles. The van der Waals surface area contributed by atoms with Crippen LogP contribution >= 0.6 is 11.6 Å². The van der Waals surface area contributed by atoms with Gasteiger partial charge >= 0.3 is 0 Å². The average Bonchev–Trinajstić information content (AvgIpc) is 2.09. The molecule has 0 radical (unpaired) electrons. The summed E-state index contributed by atoms with van der Waals surface area (Å²) in [6, 6.07) is 0.319. The predicted octanol–water partition coefficient (Wildman–Crippen LogP) is 1.50. The minimum absolute atomic E-state index is 0.226. The molecular formula is C10H13ClN2. The zero-order chi connectivity index (χ0) is 9.42. The van der Waals surface area contributed by atoms with Crippen molar-refractivity contribution >= 4 is 11.6 Å². The first-order valence-electron chi connectivity index (χ1n) is 4.44. The molecule has 3 N–H and O–H groups in total. The molecule has 0 aromatic rings. The lowest BCUT2D eigenvalue weighted by Gasteiger charge is -2.33. The van der Waals surface area contributed by atoms with Gasteiger partial charge in [-0.15, -0.1) is 0 Å². The standard InChI is InChI=1S/C10H13ClN2/c1-6-3-2-4-7-5-8(12)10(11)13-9(6)7/h2-6,9-10,13H,12H2,1H3. The van der Waals surface area contributed by atoms with Crippen LogP contribution in [0.4, 0.5) is 0 Å². The molecule has 1 aliphatic carbocycles. The van der Waals surface area contributed by atoms with Crippen molar-refractivity contribution in [1.82, 2.24) is 5.32 Å². The van der Waals surface area contributed by atoms with Gasteiger partial charge in [0, 0.05) is 11.7 Å². The fourth-order valence-electron chi connectivity index (χ4n) is 1.77. The number of halogens is 1. The smallest absolute Gasteiger partial charge is 0.123 e. The van der Waals surface area contributed by atoms with Crippen molar-refractivity contribution in [2.75, 3.05) is 0 Å². The van der Waals surface area contributed by atoms with Crippen LogP contribution in [0, 0.1) is 5.92 Å². The number of nitrogens with one attached hydrogen (secondary N) is 1. The van der Waals surface area contributed by atoms with E-state index in [1.54, 1.807) is 0 Å². The molecule has 3 atom stereocenters. The zero-order valence-corrected chi connectivity index (χ0v) is 8.25. The number of hydrogen-bond acceptors (Lipinski definition) is 2. The van der Waals surface area contributed by atoms with Crippen molar-refractivity contribution < 1.29 is 0 Å². The van der Waals surface area contributed by atoms with Gasteiger partial charge in [0.25, 0.3) is 0 Å². The highest BCUT2D eigenvalue weighted by atomic mass is 35.5. The number of nitrogens with two attached hydrogens (primary N) is 1. The van der Waals surface area contributed by atoms with Crippen LogP contribution in [0.5, 0.6) is 0 Å². The molecular weight excluding hydrogens is 184 g/mol. The van der Waals surface area contributed by atoms with E-state index in [0.717, 1.165) is 0 Å². The summed E-state index contributed by atoms with van der Waals surface area (Å²) in [6.07, 6.45) is 8.28. The van der Waals surface area contributed by atoms with Crippen LogP contribution in [0.25, 0.3) is 0 Å². The van der Waals surface area contributed by atoms with Gasteiger partial charge in [-0.25, -0.2) is 0 Å². The Hall–Kier alpha value is -0.730. The Morgan fingerprint density at radius 1 is 1.54 bits per heavy atom. The molecule has 2 nitrogen and oxygen atoms in total. The van der Waals surface area contributed by atoms with Gasteiger partial charge in [0.1, 0.15) is 5.50 Å². The molecule has 0 aromatic heterocycles. The third-order valence-electron chi connectivity index (χ3n) is 2.54. The molecule has 0 bridgehead atoms. The molecule has 0 fully saturated rings. The topological polar surface area (TPSA) is 38.0 Å². The minimum Gasteiger partial charge on any atom is -0.400 e. The molecule has 0 spiro atoms. The van der Waals surface area contributed by atoms with Crippen LogP contribution < -0.4 is 11.1 Å². The Bertz CT molecular complexity index is 304. The summed E-state index contributed by atoms with van der Waals surface area (Å²) >= 11 is 6.00. The van der Waals surface area contributed by atoms with E-state index in [0.29, 0.717) is 17.7 Å². The normalized spacial score (nSPS) is 37.8. The van der Waals surface area contributed by atoms with Crippen molar-refractivity contribution in [2.45, 2.75) is 18.5 Å². The average molecular weight is 197 g/mol. The molecule has 0 aromatic carbocycles. The summed E-state index contributed by atoms with van der Waals surface area (Å²) in [5.74, 6) is 0.477. The van der Waals surface area contributed by atoms with Crippen LogP contribution in [0.3, 0.4) is 0 Å². The maximum atomic E-state index is 6.00. The Balaban J connectivity index is 2.33. The second kappa shape index (κ2) is 3.20.